The van der Waals surface area contributed by atoms with Gasteiger partial charge in [-0.3, -0.25) is 9.89 Å². The number of hydrogen-bond donors (Lipinski definition) is 1. The van der Waals surface area contributed by atoms with Crippen molar-refractivity contribution in [3.63, 3.8) is 0 Å². The number of aromatic nitrogens is 1. The van der Waals surface area contributed by atoms with Crippen LogP contribution in [0.15, 0.2) is 23.3 Å². The van der Waals surface area contributed by atoms with Gasteiger partial charge in [-0.05, 0) is 13.0 Å². The van der Waals surface area contributed by atoms with Gasteiger partial charge in [-0.1, -0.05) is 6.07 Å². The van der Waals surface area contributed by atoms with Gasteiger partial charge in [-0.15, -0.1) is 24.0 Å². The van der Waals surface area contributed by atoms with Crippen LogP contribution < -0.4 is 10.1 Å². The Morgan fingerprint density at radius 3 is 2.55 bits per heavy atom. The van der Waals surface area contributed by atoms with Gasteiger partial charge in [0.05, 0.1) is 6.61 Å². The summed E-state index contributed by atoms with van der Waals surface area (Å²) in [7, 11) is 3.26. The highest BCUT2D eigenvalue weighted by Crippen LogP contribution is 2.25. The second-order valence-corrected chi connectivity index (χ2v) is 6.45. The first-order valence-corrected chi connectivity index (χ1v) is 9.18. The van der Waals surface area contributed by atoms with E-state index >= 15 is 0 Å². The van der Waals surface area contributed by atoms with E-state index in [1.807, 2.05) is 17.0 Å². The fourth-order valence-electron chi connectivity index (χ4n) is 2.94. The van der Waals surface area contributed by atoms with Crippen LogP contribution in [-0.2, 0) is 11.3 Å². The van der Waals surface area contributed by atoms with E-state index < -0.39 is 12.2 Å². The summed E-state index contributed by atoms with van der Waals surface area (Å²) in [5.41, 5.74) is 0.865. The summed E-state index contributed by atoms with van der Waals surface area (Å²) in [5.74, 6) is 1.16. The maximum atomic E-state index is 12.9. The van der Waals surface area contributed by atoms with Crippen LogP contribution in [0.1, 0.15) is 12.5 Å². The minimum atomic E-state index is -4.21. The molecular weight excluding hydrogens is 502 g/mol. The molecule has 1 fully saturated rings. The van der Waals surface area contributed by atoms with Gasteiger partial charge in [-0.25, -0.2) is 4.98 Å². The van der Waals surface area contributed by atoms with Crippen LogP contribution in [0, 0.1) is 0 Å². The fraction of sp³-hybridized carbons (Fsp3) is 0.667. The largest absolute Gasteiger partial charge is 0.475 e. The Labute approximate surface area is 186 Å². The molecule has 0 aliphatic carbocycles. The molecule has 1 saturated heterocycles. The Bertz CT molecular complexity index is 640. The molecule has 1 aromatic heterocycles. The second-order valence-electron chi connectivity index (χ2n) is 6.45. The van der Waals surface area contributed by atoms with Crippen molar-refractivity contribution >= 4 is 29.9 Å². The van der Waals surface area contributed by atoms with E-state index in [4.69, 9.17) is 9.47 Å². The van der Waals surface area contributed by atoms with Gasteiger partial charge >= 0.3 is 6.18 Å². The highest BCUT2D eigenvalue weighted by Gasteiger charge is 2.41. The molecule has 0 radical (unpaired) electrons. The molecule has 1 atom stereocenters. The molecule has 1 aliphatic heterocycles. The number of nitrogens with zero attached hydrogens (tertiary/aromatic N) is 4. The average molecular weight is 531 g/mol. The van der Waals surface area contributed by atoms with E-state index in [1.54, 1.807) is 20.4 Å². The number of piperazine rings is 1. The van der Waals surface area contributed by atoms with Crippen molar-refractivity contribution < 1.29 is 22.6 Å². The molecule has 1 N–H and O–H groups in total. The first-order valence-electron chi connectivity index (χ1n) is 9.18. The predicted molar refractivity (Wildman–Crippen MR) is 116 cm³/mol. The summed E-state index contributed by atoms with van der Waals surface area (Å²) in [6.07, 6.45) is -2.55. The molecule has 1 aliphatic rings. The second kappa shape index (κ2) is 12.4. The van der Waals surface area contributed by atoms with Crippen molar-refractivity contribution in [3.8, 4) is 5.88 Å². The van der Waals surface area contributed by atoms with Gasteiger partial charge in [-0.2, -0.15) is 13.2 Å². The molecule has 166 valence electrons. The maximum Gasteiger partial charge on any atom is 0.403 e. The molecule has 2 heterocycles. The minimum Gasteiger partial charge on any atom is -0.475 e. The Hall–Kier alpha value is -1.34. The number of alkyl halides is 3. The number of halogens is 4. The topological polar surface area (TPSA) is 62.2 Å². The monoisotopic (exact) mass is 531 g/mol. The number of rotatable bonds is 7. The fourth-order valence-corrected chi connectivity index (χ4v) is 2.94. The number of methoxy groups -OCH3 is 1. The van der Waals surface area contributed by atoms with Crippen LogP contribution in [0.5, 0.6) is 5.88 Å². The van der Waals surface area contributed by atoms with Crippen molar-refractivity contribution in [2.24, 2.45) is 4.99 Å². The number of ether oxygens (including phenoxy) is 2. The summed E-state index contributed by atoms with van der Waals surface area (Å²) >= 11 is 0. The van der Waals surface area contributed by atoms with E-state index in [2.05, 4.69) is 15.3 Å². The van der Waals surface area contributed by atoms with E-state index in [9.17, 15) is 13.2 Å². The van der Waals surface area contributed by atoms with Gasteiger partial charge in [0.1, 0.15) is 12.6 Å². The average Bonchev–Trinajstić information content (AvgIpc) is 2.69. The van der Waals surface area contributed by atoms with Crippen LogP contribution >= 0.6 is 24.0 Å². The lowest BCUT2D eigenvalue weighted by molar-refractivity contribution is -0.181. The number of guanidine groups is 1. The van der Waals surface area contributed by atoms with Gasteiger partial charge < -0.3 is 19.7 Å². The number of pyridine rings is 1. The molecule has 0 amide bonds. The molecule has 1 aromatic rings. The van der Waals surface area contributed by atoms with Crippen molar-refractivity contribution in [2.75, 3.05) is 53.6 Å². The Morgan fingerprint density at radius 1 is 1.28 bits per heavy atom. The summed E-state index contributed by atoms with van der Waals surface area (Å²) in [5, 5.41) is 3.24. The van der Waals surface area contributed by atoms with Crippen molar-refractivity contribution in [1.82, 2.24) is 20.1 Å². The summed E-state index contributed by atoms with van der Waals surface area (Å²) in [4.78, 5) is 11.9. The zero-order valence-corrected chi connectivity index (χ0v) is 19.2. The van der Waals surface area contributed by atoms with Gasteiger partial charge in [0.2, 0.25) is 5.88 Å². The zero-order valence-electron chi connectivity index (χ0n) is 16.9. The molecule has 0 saturated carbocycles. The summed E-state index contributed by atoms with van der Waals surface area (Å²) < 4.78 is 49.3. The summed E-state index contributed by atoms with van der Waals surface area (Å²) in [6.45, 7) is 4.13. The van der Waals surface area contributed by atoms with Crippen LogP contribution in [0.2, 0.25) is 0 Å². The molecule has 0 aromatic carbocycles. The van der Waals surface area contributed by atoms with Crippen LogP contribution in [0.4, 0.5) is 13.2 Å². The molecule has 1 unspecified atom stereocenters. The van der Waals surface area contributed by atoms with E-state index in [1.165, 1.54) is 11.8 Å². The van der Waals surface area contributed by atoms with E-state index in [0.717, 1.165) is 5.56 Å². The summed E-state index contributed by atoms with van der Waals surface area (Å²) in [6, 6.07) is 2.28. The lowest BCUT2D eigenvalue weighted by atomic mass is 10.2. The highest BCUT2D eigenvalue weighted by atomic mass is 127. The molecule has 11 heteroatoms. The van der Waals surface area contributed by atoms with Crippen LogP contribution in [-0.4, -0.2) is 86.5 Å². The van der Waals surface area contributed by atoms with Crippen LogP contribution in [0.25, 0.3) is 0 Å². The first-order chi connectivity index (χ1) is 13.4. The zero-order chi connectivity index (χ0) is 20.6. The lowest BCUT2D eigenvalue weighted by Gasteiger charge is -2.39. The molecule has 2 rings (SSSR count). The smallest absolute Gasteiger partial charge is 0.403 e. The number of nitrogens with one attached hydrogen (secondary N) is 1. The molecule has 29 heavy (non-hydrogen) atoms. The number of aliphatic imine (C=N–C) groups is 1. The van der Waals surface area contributed by atoms with E-state index in [-0.39, 0.29) is 24.0 Å². The highest BCUT2D eigenvalue weighted by molar-refractivity contribution is 14.0. The maximum absolute atomic E-state index is 12.9. The van der Waals surface area contributed by atoms with Gasteiger partial charge in [0.25, 0.3) is 0 Å². The molecule has 7 nitrogen and oxygen atoms in total. The molecule has 0 spiro atoms. The van der Waals surface area contributed by atoms with Crippen LogP contribution in [0.3, 0.4) is 0 Å². The minimum absolute atomic E-state index is 0. The molecular formula is C18H29F3IN5O2. The first kappa shape index (κ1) is 25.7. The Morgan fingerprint density at radius 2 is 1.97 bits per heavy atom. The Balaban J connectivity index is 0.00000420. The SMILES string of the molecule is CN=C(NCc1cccnc1OCCOC)N1CCN(C(C)C(F)(F)F)CC1.I. The van der Waals surface area contributed by atoms with Crippen molar-refractivity contribution in [2.45, 2.75) is 25.7 Å². The normalized spacial score (nSPS) is 16.9. The lowest BCUT2D eigenvalue weighted by Crippen LogP contribution is -2.56. The standard InChI is InChI=1S/C18H28F3N5O2.HI/c1-14(18(19,20)21)25-7-9-26(10-8-25)17(22-2)24-13-15-5-4-6-23-16(15)28-12-11-27-3;/h4-6,14H,7-13H2,1-3H3,(H,22,24);1H. The van der Waals surface area contributed by atoms with Gasteiger partial charge in [0.15, 0.2) is 5.96 Å². The Kier molecular flexibility index (Phi) is 11.0. The van der Waals surface area contributed by atoms with Crippen molar-refractivity contribution in [1.29, 1.82) is 0 Å². The molecule has 0 bridgehead atoms. The van der Waals surface area contributed by atoms with E-state index in [0.29, 0.717) is 57.8 Å². The van der Waals surface area contributed by atoms with Gasteiger partial charge in [0, 0.05) is 58.6 Å². The predicted octanol–water partition coefficient (Wildman–Crippen LogP) is 2.37. The number of hydrogen-bond acceptors (Lipinski definition) is 5. The van der Waals surface area contributed by atoms with Crippen molar-refractivity contribution in [3.05, 3.63) is 23.9 Å². The quantitative estimate of drug-likeness (QED) is 0.253. The third-order valence-electron chi connectivity index (χ3n) is 4.66. The third kappa shape index (κ3) is 7.78. The third-order valence-corrected chi connectivity index (χ3v) is 4.66.